The van der Waals surface area contributed by atoms with Crippen LogP contribution in [0.4, 0.5) is 5.13 Å². The standard InChI is InChI=1S/C15H26N4O3S/c1-6-12-16-14(23-17-12)19-7-11(22-15(2,3)10-19)8-21-9-13(20)18(4)5/h11H,6-10H2,1-5H3/t11-/m1/s1. The van der Waals surface area contributed by atoms with Gasteiger partial charge in [-0.15, -0.1) is 0 Å². The summed E-state index contributed by atoms with van der Waals surface area (Å²) in [5.74, 6) is 0.826. The Morgan fingerprint density at radius 3 is 2.87 bits per heavy atom. The zero-order valence-corrected chi connectivity index (χ0v) is 15.4. The van der Waals surface area contributed by atoms with Crippen LogP contribution in [-0.2, 0) is 20.7 Å². The Morgan fingerprint density at radius 1 is 1.52 bits per heavy atom. The number of amides is 1. The van der Waals surface area contributed by atoms with Gasteiger partial charge in [-0.3, -0.25) is 4.79 Å². The summed E-state index contributed by atoms with van der Waals surface area (Å²) in [4.78, 5) is 19.8. The fourth-order valence-electron chi connectivity index (χ4n) is 2.45. The van der Waals surface area contributed by atoms with Crippen LogP contribution in [0.1, 0.15) is 26.6 Å². The minimum atomic E-state index is -0.296. The molecule has 0 N–H and O–H groups in total. The van der Waals surface area contributed by atoms with E-state index in [9.17, 15) is 4.79 Å². The number of aromatic nitrogens is 2. The van der Waals surface area contributed by atoms with Gasteiger partial charge in [-0.2, -0.15) is 4.37 Å². The highest BCUT2D eigenvalue weighted by Gasteiger charge is 2.35. The minimum Gasteiger partial charge on any atom is -0.369 e. The molecule has 1 aromatic heterocycles. The smallest absolute Gasteiger partial charge is 0.248 e. The number of rotatable bonds is 6. The number of ether oxygens (including phenoxy) is 2. The predicted octanol–water partition coefficient (Wildman–Crippen LogP) is 1.19. The van der Waals surface area contributed by atoms with Gasteiger partial charge in [0.15, 0.2) is 0 Å². The average molecular weight is 342 g/mol. The van der Waals surface area contributed by atoms with Gasteiger partial charge in [-0.1, -0.05) is 6.92 Å². The molecule has 0 bridgehead atoms. The molecule has 0 spiro atoms. The average Bonchev–Trinajstić information content (AvgIpc) is 2.94. The van der Waals surface area contributed by atoms with Gasteiger partial charge >= 0.3 is 0 Å². The topological polar surface area (TPSA) is 67.8 Å². The maximum absolute atomic E-state index is 11.6. The van der Waals surface area contributed by atoms with Crippen LogP contribution in [0.15, 0.2) is 0 Å². The molecule has 1 aromatic rings. The molecule has 1 atom stereocenters. The molecule has 1 amide bonds. The van der Waals surface area contributed by atoms with Crippen molar-refractivity contribution in [1.82, 2.24) is 14.3 Å². The van der Waals surface area contributed by atoms with Crippen molar-refractivity contribution in [3.05, 3.63) is 5.82 Å². The van der Waals surface area contributed by atoms with Gasteiger partial charge in [0.1, 0.15) is 12.4 Å². The zero-order valence-electron chi connectivity index (χ0n) is 14.5. The molecule has 2 heterocycles. The first-order chi connectivity index (χ1) is 10.8. The Hall–Kier alpha value is -1.25. The Labute approximate surface area is 141 Å². The maximum Gasteiger partial charge on any atom is 0.248 e. The van der Waals surface area contributed by atoms with Crippen molar-refractivity contribution in [3.8, 4) is 0 Å². The Bertz CT molecular complexity index is 533. The summed E-state index contributed by atoms with van der Waals surface area (Å²) in [7, 11) is 3.43. The van der Waals surface area contributed by atoms with Gasteiger partial charge in [0.25, 0.3) is 0 Å². The molecule has 0 unspecified atom stereocenters. The number of likely N-dealkylation sites (N-methyl/N-ethyl adjacent to an activating group) is 1. The monoisotopic (exact) mass is 342 g/mol. The van der Waals surface area contributed by atoms with Crippen LogP contribution in [0.3, 0.4) is 0 Å². The Morgan fingerprint density at radius 2 is 2.26 bits per heavy atom. The number of carbonyl (C=O) groups excluding carboxylic acids is 1. The highest BCUT2D eigenvalue weighted by atomic mass is 32.1. The van der Waals surface area contributed by atoms with E-state index in [4.69, 9.17) is 9.47 Å². The van der Waals surface area contributed by atoms with Crippen LogP contribution in [0.5, 0.6) is 0 Å². The molecule has 130 valence electrons. The van der Waals surface area contributed by atoms with Crippen molar-refractivity contribution in [1.29, 1.82) is 0 Å². The van der Waals surface area contributed by atoms with Gasteiger partial charge in [0.2, 0.25) is 11.0 Å². The first kappa shape index (κ1) is 18.1. The number of morpholine rings is 1. The van der Waals surface area contributed by atoms with Gasteiger partial charge in [-0.05, 0) is 13.8 Å². The second kappa shape index (κ2) is 7.55. The van der Waals surface area contributed by atoms with Crippen LogP contribution < -0.4 is 4.90 Å². The maximum atomic E-state index is 11.6. The second-order valence-electron chi connectivity index (χ2n) is 6.53. The van der Waals surface area contributed by atoms with Crippen molar-refractivity contribution >= 4 is 22.6 Å². The summed E-state index contributed by atoms with van der Waals surface area (Å²) < 4.78 is 15.9. The summed E-state index contributed by atoms with van der Waals surface area (Å²) in [6.07, 6.45) is 0.742. The number of carbonyl (C=O) groups is 1. The lowest BCUT2D eigenvalue weighted by Gasteiger charge is -2.42. The molecule has 1 saturated heterocycles. The van der Waals surface area contributed by atoms with Gasteiger partial charge in [-0.25, -0.2) is 4.98 Å². The van der Waals surface area contributed by atoms with E-state index in [2.05, 4.69) is 28.1 Å². The largest absolute Gasteiger partial charge is 0.369 e. The van der Waals surface area contributed by atoms with E-state index in [0.717, 1.165) is 23.9 Å². The minimum absolute atomic E-state index is 0.0476. The molecule has 2 rings (SSSR count). The van der Waals surface area contributed by atoms with E-state index in [1.54, 1.807) is 14.1 Å². The molecule has 0 aliphatic carbocycles. The molecule has 8 heteroatoms. The summed E-state index contributed by atoms with van der Waals surface area (Å²) in [5, 5.41) is 0.924. The molecule has 1 aliphatic heterocycles. The van der Waals surface area contributed by atoms with Crippen LogP contribution in [0.2, 0.25) is 0 Å². The molecule has 23 heavy (non-hydrogen) atoms. The lowest BCUT2D eigenvalue weighted by atomic mass is 10.1. The van der Waals surface area contributed by atoms with E-state index in [0.29, 0.717) is 13.2 Å². The fraction of sp³-hybridized carbons (Fsp3) is 0.800. The SMILES string of the molecule is CCc1nsc(N2C[C@H](COCC(=O)N(C)C)OC(C)(C)C2)n1. The van der Waals surface area contributed by atoms with Gasteiger partial charge in [0.05, 0.1) is 18.3 Å². The number of anilines is 1. The van der Waals surface area contributed by atoms with E-state index < -0.39 is 0 Å². The van der Waals surface area contributed by atoms with Gasteiger partial charge < -0.3 is 19.3 Å². The lowest BCUT2D eigenvalue weighted by Crippen LogP contribution is -2.54. The first-order valence-electron chi connectivity index (χ1n) is 7.84. The first-order valence-corrected chi connectivity index (χ1v) is 8.61. The number of hydrogen-bond acceptors (Lipinski definition) is 7. The van der Waals surface area contributed by atoms with Crippen molar-refractivity contribution in [2.75, 3.05) is 45.3 Å². The third-order valence-corrected chi connectivity index (χ3v) is 4.37. The summed E-state index contributed by atoms with van der Waals surface area (Å²) in [6, 6.07) is 0. The third kappa shape index (κ3) is 5.12. The summed E-state index contributed by atoms with van der Waals surface area (Å²) >= 11 is 1.42. The van der Waals surface area contributed by atoms with Gasteiger partial charge in [0, 0.05) is 45.1 Å². The van der Waals surface area contributed by atoms with Crippen LogP contribution in [-0.4, -0.2) is 72.3 Å². The van der Waals surface area contributed by atoms with Crippen molar-refractivity contribution in [2.45, 2.75) is 38.9 Å². The molecule has 0 saturated carbocycles. The number of aryl methyl sites for hydroxylation is 1. The highest BCUT2D eigenvalue weighted by Crippen LogP contribution is 2.27. The van der Waals surface area contributed by atoms with Crippen molar-refractivity contribution in [2.24, 2.45) is 0 Å². The predicted molar refractivity (Wildman–Crippen MR) is 90.0 cm³/mol. The summed E-state index contributed by atoms with van der Waals surface area (Å²) in [5.41, 5.74) is -0.296. The van der Waals surface area contributed by atoms with Crippen molar-refractivity contribution in [3.63, 3.8) is 0 Å². The molecule has 7 nitrogen and oxygen atoms in total. The quantitative estimate of drug-likeness (QED) is 0.774. The molecule has 1 aliphatic rings. The fourth-order valence-corrected chi connectivity index (χ4v) is 3.21. The molecular weight excluding hydrogens is 316 g/mol. The van der Waals surface area contributed by atoms with Crippen LogP contribution in [0.25, 0.3) is 0 Å². The van der Waals surface area contributed by atoms with E-state index in [1.807, 2.05) is 6.92 Å². The van der Waals surface area contributed by atoms with E-state index in [-0.39, 0.29) is 24.2 Å². The zero-order chi connectivity index (χ0) is 17.0. The van der Waals surface area contributed by atoms with Crippen LogP contribution in [0, 0.1) is 0 Å². The van der Waals surface area contributed by atoms with E-state index >= 15 is 0 Å². The molecular formula is C15H26N4O3S. The molecule has 0 radical (unpaired) electrons. The Kier molecular flexibility index (Phi) is 5.94. The second-order valence-corrected chi connectivity index (χ2v) is 7.26. The third-order valence-electron chi connectivity index (χ3n) is 3.55. The number of hydrogen-bond donors (Lipinski definition) is 0. The van der Waals surface area contributed by atoms with Crippen LogP contribution >= 0.6 is 11.5 Å². The number of nitrogens with zero attached hydrogens (tertiary/aromatic N) is 4. The molecule has 0 aromatic carbocycles. The molecule has 1 fully saturated rings. The Balaban J connectivity index is 1.94. The normalized spacial score (nSPS) is 20.6. The van der Waals surface area contributed by atoms with E-state index in [1.165, 1.54) is 16.4 Å². The summed E-state index contributed by atoms with van der Waals surface area (Å²) in [6.45, 7) is 8.08. The van der Waals surface area contributed by atoms with Crippen molar-refractivity contribution < 1.29 is 14.3 Å². The highest BCUT2D eigenvalue weighted by molar-refractivity contribution is 7.09. The lowest BCUT2D eigenvalue weighted by molar-refractivity contribution is -0.139.